The topological polar surface area (TPSA) is 69.4 Å². The zero-order chi connectivity index (χ0) is 17.9. The summed E-state index contributed by atoms with van der Waals surface area (Å²) in [6, 6.07) is 21.0. The molecule has 0 aliphatic carbocycles. The van der Waals surface area contributed by atoms with Crippen molar-refractivity contribution in [1.29, 1.82) is 0 Å². The Morgan fingerprint density at radius 3 is 2.32 bits per heavy atom. The van der Waals surface area contributed by atoms with Crippen molar-refractivity contribution in [3.8, 4) is 5.75 Å². The van der Waals surface area contributed by atoms with Crippen LogP contribution in [-0.4, -0.2) is 8.42 Å². The molecule has 3 aromatic rings. The van der Waals surface area contributed by atoms with Crippen LogP contribution in [-0.2, 0) is 16.4 Å². The maximum atomic E-state index is 12.8. The highest BCUT2D eigenvalue weighted by Crippen LogP contribution is 2.29. The number of rotatable bonds is 5. The van der Waals surface area contributed by atoms with Crippen LogP contribution in [0.25, 0.3) is 0 Å². The van der Waals surface area contributed by atoms with Gasteiger partial charge in [-0.1, -0.05) is 42.5 Å². The summed E-state index contributed by atoms with van der Waals surface area (Å²) in [4.78, 5) is 0.418. The lowest BCUT2D eigenvalue weighted by atomic mass is 10.2. The van der Waals surface area contributed by atoms with Crippen molar-refractivity contribution in [3.05, 3.63) is 83.9 Å². The standard InChI is InChI=1S/C20H19NO3S/c1-15-6-5-9-17(12-15)25(22,23)18-10-11-19(21)20(13-18)24-14-16-7-3-2-4-8-16/h2-13H,14,21H2,1H3. The van der Waals surface area contributed by atoms with E-state index in [-0.39, 0.29) is 9.79 Å². The second kappa shape index (κ2) is 6.99. The Hall–Kier alpha value is -2.79. The van der Waals surface area contributed by atoms with Crippen LogP contribution >= 0.6 is 0 Å². The average Bonchev–Trinajstić information content (AvgIpc) is 2.62. The van der Waals surface area contributed by atoms with Crippen LogP contribution in [0.15, 0.2) is 82.6 Å². The third-order valence-electron chi connectivity index (χ3n) is 3.83. The fraction of sp³-hybridized carbons (Fsp3) is 0.100. The Morgan fingerprint density at radius 1 is 0.880 bits per heavy atom. The van der Waals surface area contributed by atoms with Crippen molar-refractivity contribution in [2.24, 2.45) is 0 Å². The molecule has 0 radical (unpaired) electrons. The number of hydrogen-bond acceptors (Lipinski definition) is 4. The molecule has 3 aromatic carbocycles. The summed E-state index contributed by atoms with van der Waals surface area (Å²) >= 11 is 0. The zero-order valence-corrected chi connectivity index (χ0v) is 14.7. The van der Waals surface area contributed by atoms with Gasteiger partial charge in [0.25, 0.3) is 0 Å². The number of benzene rings is 3. The summed E-state index contributed by atoms with van der Waals surface area (Å²) in [5.41, 5.74) is 8.21. The summed E-state index contributed by atoms with van der Waals surface area (Å²) in [5.74, 6) is 0.359. The van der Waals surface area contributed by atoms with Crippen molar-refractivity contribution in [2.75, 3.05) is 5.73 Å². The maximum Gasteiger partial charge on any atom is 0.206 e. The van der Waals surface area contributed by atoms with E-state index in [1.807, 2.05) is 43.3 Å². The Morgan fingerprint density at radius 2 is 1.60 bits per heavy atom. The molecule has 5 heteroatoms. The molecule has 2 N–H and O–H groups in total. The molecule has 0 aromatic heterocycles. The van der Waals surface area contributed by atoms with Gasteiger partial charge in [0.05, 0.1) is 15.5 Å². The lowest BCUT2D eigenvalue weighted by Gasteiger charge is -2.12. The highest BCUT2D eigenvalue weighted by molar-refractivity contribution is 7.91. The van der Waals surface area contributed by atoms with Gasteiger partial charge in [-0.3, -0.25) is 0 Å². The van der Waals surface area contributed by atoms with Crippen molar-refractivity contribution in [1.82, 2.24) is 0 Å². The summed E-state index contributed by atoms with van der Waals surface area (Å²) in [5, 5.41) is 0. The zero-order valence-electron chi connectivity index (χ0n) is 13.8. The minimum absolute atomic E-state index is 0.162. The molecule has 0 amide bonds. The first-order valence-corrected chi connectivity index (χ1v) is 9.33. The molecule has 0 aliphatic heterocycles. The van der Waals surface area contributed by atoms with E-state index in [4.69, 9.17) is 10.5 Å². The first kappa shape index (κ1) is 17.0. The van der Waals surface area contributed by atoms with Crippen molar-refractivity contribution < 1.29 is 13.2 Å². The molecule has 0 heterocycles. The van der Waals surface area contributed by atoms with Gasteiger partial charge in [0.2, 0.25) is 9.84 Å². The number of aryl methyl sites for hydroxylation is 1. The molecule has 128 valence electrons. The van der Waals surface area contributed by atoms with Gasteiger partial charge >= 0.3 is 0 Å². The van der Waals surface area contributed by atoms with Crippen molar-refractivity contribution in [3.63, 3.8) is 0 Å². The lowest BCUT2D eigenvalue weighted by Crippen LogP contribution is -2.05. The summed E-state index contributed by atoms with van der Waals surface area (Å²) < 4.78 is 31.4. The first-order valence-electron chi connectivity index (χ1n) is 7.85. The van der Waals surface area contributed by atoms with Crippen molar-refractivity contribution in [2.45, 2.75) is 23.3 Å². The number of anilines is 1. The Bertz CT molecular complexity index is 983. The van der Waals surface area contributed by atoms with E-state index in [9.17, 15) is 8.42 Å². The molecule has 25 heavy (non-hydrogen) atoms. The molecule has 0 saturated carbocycles. The van der Waals surface area contributed by atoms with E-state index in [0.29, 0.717) is 18.0 Å². The monoisotopic (exact) mass is 353 g/mol. The molecular formula is C20H19NO3S. The number of sulfone groups is 1. The van der Waals surface area contributed by atoms with Crippen LogP contribution in [0, 0.1) is 6.92 Å². The predicted octanol–water partition coefficient (Wildman–Crippen LogP) is 3.99. The molecule has 0 spiro atoms. The molecule has 0 unspecified atom stereocenters. The van der Waals surface area contributed by atoms with Crippen molar-refractivity contribution >= 4 is 15.5 Å². The second-order valence-corrected chi connectivity index (χ2v) is 7.74. The molecule has 0 fully saturated rings. The van der Waals surface area contributed by atoms with Gasteiger partial charge in [0, 0.05) is 6.07 Å². The number of ether oxygens (including phenoxy) is 1. The van der Waals surface area contributed by atoms with Gasteiger partial charge in [-0.05, 0) is 42.3 Å². The maximum absolute atomic E-state index is 12.8. The molecule has 3 rings (SSSR count). The fourth-order valence-corrected chi connectivity index (χ4v) is 3.84. The Balaban J connectivity index is 1.91. The van der Waals surface area contributed by atoms with E-state index < -0.39 is 9.84 Å². The molecule has 0 bridgehead atoms. The molecule has 0 atom stereocenters. The third kappa shape index (κ3) is 3.83. The summed E-state index contributed by atoms with van der Waals surface area (Å²) in [6.07, 6.45) is 0. The molecular weight excluding hydrogens is 334 g/mol. The lowest BCUT2D eigenvalue weighted by molar-refractivity contribution is 0.307. The molecule has 0 saturated heterocycles. The van der Waals surface area contributed by atoms with E-state index in [1.54, 1.807) is 24.3 Å². The van der Waals surface area contributed by atoms with Crippen LogP contribution in [0.3, 0.4) is 0 Å². The number of nitrogen functional groups attached to an aromatic ring is 1. The van der Waals surface area contributed by atoms with Crippen LogP contribution in [0.1, 0.15) is 11.1 Å². The second-order valence-electron chi connectivity index (χ2n) is 5.79. The highest BCUT2D eigenvalue weighted by atomic mass is 32.2. The SMILES string of the molecule is Cc1cccc(S(=O)(=O)c2ccc(N)c(OCc3ccccc3)c2)c1. The van der Waals surface area contributed by atoms with Gasteiger partial charge in [0.1, 0.15) is 12.4 Å². The van der Waals surface area contributed by atoms with Gasteiger partial charge in [0.15, 0.2) is 0 Å². The van der Waals surface area contributed by atoms with Gasteiger partial charge in [-0.2, -0.15) is 0 Å². The molecule has 0 aliphatic rings. The summed E-state index contributed by atoms with van der Waals surface area (Å²) in [7, 11) is -3.62. The van der Waals surface area contributed by atoms with E-state index in [2.05, 4.69) is 0 Å². The predicted molar refractivity (Wildman–Crippen MR) is 98.3 cm³/mol. The van der Waals surface area contributed by atoms with Crippen LogP contribution in [0.5, 0.6) is 5.75 Å². The van der Waals surface area contributed by atoms with Gasteiger partial charge < -0.3 is 10.5 Å². The normalized spacial score (nSPS) is 11.2. The third-order valence-corrected chi connectivity index (χ3v) is 5.58. The van der Waals surface area contributed by atoms with E-state index >= 15 is 0 Å². The van der Waals surface area contributed by atoms with Gasteiger partial charge in [-0.15, -0.1) is 0 Å². The fourth-order valence-electron chi connectivity index (χ4n) is 2.46. The van der Waals surface area contributed by atoms with E-state index in [1.165, 1.54) is 12.1 Å². The first-order chi connectivity index (χ1) is 12.0. The minimum atomic E-state index is -3.62. The quantitative estimate of drug-likeness (QED) is 0.704. The number of nitrogens with two attached hydrogens (primary N) is 1. The summed E-state index contributed by atoms with van der Waals surface area (Å²) in [6.45, 7) is 2.18. The van der Waals surface area contributed by atoms with Crippen LogP contribution in [0.4, 0.5) is 5.69 Å². The minimum Gasteiger partial charge on any atom is -0.487 e. The Kier molecular flexibility index (Phi) is 4.76. The number of hydrogen-bond donors (Lipinski definition) is 1. The van der Waals surface area contributed by atoms with Gasteiger partial charge in [-0.25, -0.2) is 8.42 Å². The van der Waals surface area contributed by atoms with Crippen LogP contribution in [0.2, 0.25) is 0 Å². The largest absolute Gasteiger partial charge is 0.487 e. The van der Waals surface area contributed by atoms with E-state index in [0.717, 1.165) is 11.1 Å². The highest BCUT2D eigenvalue weighted by Gasteiger charge is 2.19. The average molecular weight is 353 g/mol. The van der Waals surface area contributed by atoms with Crippen LogP contribution < -0.4 is 10.5 Å². The Labute approximate surface area is 147 Å². The molecule has 4 nitrogen and oxygen atoms in total. The smallest absolute Gasteiger partial charge is 0.206 e.